The number of carbonyl (C=O) groups is 1. The van der Waals surface area contributed by atoms with Crippen LogP contribution in [0.25, 0.3) is 0 Å². The summed E-state index contributed by atoms with van der Waals surface area (Å²) in [5.41, 5.74) is 6.28. The molecule has 0 atom stereocenters. The lowest BCUT2D eigenvalue weighted by molar-refractivity contribution is 0.107. The lowest BCUT2D eigenvalue weighted by atomic mass is 9.98. The first-order valence-electron chi connectivity index (χ1n) is 7.99. The SMILES string of the molecule is Cc1cc(C)c(OCc2c(C(=O)Cl)cccc2C2CC2)cc1C. The predicted molar refractivity (Wildman–Crippen MR) is 93.6 cm³/mol. The van der Waals surface area contributed by atoms with Gasteiger partial charge < -0.3 is 4.74 Å². The average molecular weight is 329 g/mol. The second kappa shape index (κ2) is 6.37. The van der Waals surface area contributed by atoms with Crippen LogP contribution in [0.15, 0.2) is 30.3 Å². The Kier molecular flexibility index (Phi) is 4.45. The van der Waals surface area contributed by atoms with E-state index in [-0.39, 0.29) is 0 Å². The molecule has 3 heteroatoms. The van der Waals surface area contributed by atoms with Crippen LogP contribution in [-0.4, -0.2) is 5.24 Å². The Morgan fingerprint density at radius 3 is 2.48 bits per heavy atom. The maximum Gasteiger partial charge on any atom is 0.252 e. The Bertz CT molecular complexity index is 760. The summed E-state index contributed by atoms with van der Waals surface area (Å²) in [6, 6.07) is 9.98. The Morgan fingerprint density at radius 1 is 1.13 bits per heavy atom. The molecule has 0 radical (unpaired) electrons. The van der Waals surface area contributed by atoms with Crippen LogP contribution in [0.3, 0.4) is 0 Å². The van der Waals surface area contributed by atoms with Gasteiger partial charge in [-0.05, 0) is 85.5 Å². The third-order valence-electron chi connectivity index (χ3n) is 4.60. The number of aryl methyl sites for hydroxylation is 3. The Labute approximate surface area is 142 Å². The fourth-order valence-electron chi connectivity index (χ4n) is 2.97. The van der Waals surface area contributed by atoms with Crippen molar-refractivity contribution in [3.8, 4) is 5.75 Å². The smallest absolute Gasteiger partial charge is 0.252 e. The van der Waals surface area contributed by atoms with Gasteiger partial charge in [0.1, 0.15) is 12.4 Å². The summed E-state index contributed by atoms with van der Waals surface area (Å²) in [5.74, 6) is 1.41. The van der Waals surface area contributed by atoms with Gasteiger partial charge in [0.15, 0.2) is 0 Å². The summed E-state index contributed by atoms with van der Waals surface area (Å²) in [4.78, 5) is 11.7. The zero-order valence-electron chi connectivity index (χ0n) is 13.8. The molecule has 0 unspecified atom stereocenters. The highest BCUT2D eigenvalue weighted by Gasteiger charge is 2.28. The Balaban J connectivity index is 1.91. The van der Waals surface area contributed by atoms with Gasteiger partial charge in [0.2, 0.25) is 0 Å². The largest absolute Gasteiger partial charge is 0.489 e. The monoisotopic (exact) mass is 328 g/mol. The normalized spacial score (nSPS) is 13.9. The summed E-state index contributed by atoms with van der Waals surface area (Å²) in [7, 11) is 0. The maximum atomic E-state index is 11.7. The molecular formula is C20H21ClO2. The number of carbonyl (C=O) groups excluding carboxylic acids is 1. The van der Waals surface area contributed by atoms with E-state index in [4.69, 9.17) is 16.3 Å². The molecule has 120 valence electrons. The van der Waals surface area contributed by atoms with Crippen molar-refractivity contribution in [3.63, 3.8) is 0 Å². The third kappa shape index (κ3) is 3.42. The van der Waals surface area contributed by atoms with Gasteiger partial charge in [-0.25, -0.2) is 0 Å². The second-order valence-electron chi connectivity index (χ2n) is 6.41. The van der Waals surface area contributed by atoms with Gasteiger partial charge in [0.25, 0.3) is 5.24 Å². The van der Waals surface area contributed by atoms with Crippen LogP contribution in [0.5, 0.6) is 5.75 Å². The lowest BCUT2D eigenvalue weighted by Crippen LogP contribution is -2.07. The first-order valence-corrected chi connectivity index (χ1v) is 8.37. The van der Waals surface area contributed by atoms with Crippen LogP contribution in [0.4, 0.5) is 0 Å². The van der Waals surface area contributed by atoms with Crippen LogP contribution in [0, 0.1) is 20.8 Å². The maximum absolute atomic E-state index is 11.7. The molecule has 0 amide bonds. The van der Waals surface area contributed by atoms with Crippen molar-refractivity contribution in [3.05, 3.63) is 63.7 Å². The standard InChI is InChI=1S/C20H21ClO2/c1-12-9-14(3)19(10-13(12)2)23-11-18-16(15-7-8-15)5-4-6-17(18)20(21)22/h4-6,9-10,15H,7-8,11H2,1-3H3. The zero-order chi connectivity index (χ0) is 16.6. The topological polar surface area (TPSA) is 26.3 Å². The van der Waals surface area contributed by atoms with Crippen LogP contribution in [0.1, 0.15) is 56.9 Å². The molecule has 0 spiro atoms. The highest BCUT2D eigenvalue weighted by atomic mass is 35.5. The van der Waals surface area contributed by atoms with E-state index in [1.807, 2.05) is 13.0 Å². The molecule has 1 saturated carbocycles. The van der Waals surface area contributed by atoms with Crippen LogP contribution in [0.2, 0.25) is 0 Å². The number of rotatable bonds is 5. The fourth-order valence-corrected chi connectivity index (χ4v) is 3.14. The molecule has 2 aromatic rings. The number of hydrogen-bond donors (Lipinski definition) is 0. The van der Waals surface area contributed by atoms with Crippen LogP contribution < -0.4 is 4.74 Å². The van der Waals surface area contributed by atoms with E-state index in [0.29, 0.717) is 18.1 Å². The molecule has 3 rings (SSSR count). The van der Waals surface area contributed by atoms with E-state index in [2.05, 4.69) is 32.0 Å². The van der Waals surface area contributed by atoms with Gasteiger partial charge in [0.05, 0.1) is 0 Å². The van der Waals surface area contributed by atoms with Gasteiger partial charge in [-0.15, -0.1) is 0 Å². The molecule has 1 fully saturated rings. The molecule has 0 aliphatic heterocycles. The first kappa shape index (κ1) is 16.1. The summed E-state index contributed by atoms with van der Waals surface area (Å²) in [5, 5.41) is -0.414. The van der Waals surface area contributed by atoms with Crippen molar-refractivity contribution in [2.75, 3.05) is 0 Å². The van der Waals surface area contributed by atoms with Crippen molar-refractivity contribution in [2.24, 2.45) is 0 Å². The highest BCUT2D eigenvalue weighted by Crippen LogP contribution is 2.42. The van der Waals surface area contributed by atoms with Crippen LogP contribution in [-0.2, 0) is 6.61 Å². The number of benzene rings is 2. The Hall–Kier alpha value is -1.80. The fraction of sp³-hybridized carbons (Fsp3) is 0.350. The molecule has 0 N–H and O–H groups in total. The minimum Gasteiger partial charge on any atom is -0.489 e. The van der Waals surface area contributed by atoms with E-state index in [9.17, 15) is 4.79 Å². The van der Waals surface area contributed by atoms with Gasteiger partial charge in [0, 0.05) is 11.1 Å². The van der Waals surface area contributed by atoms with Crippen molar-refractivity contribution in [2.45, 2.75) is 46.1 Å². The van der Waals surface area contributed by atoms with Gasteiger partial charge in [-0.2, -0.15) is 0 Å². The summed E-state index contributed by atoms with van der Waals surface area (Å²) >= 11 is 5.77. The average Bonchev–Trinajstić information content (AvgIpc) is 3.34. The molecule has 0 heterocycles. The quantitative estimate of drug-likeness (QED) is 0.682. The molecule has 0 saturated heterocycles. The number of hydrogen-bond acceptors (Lipinski definition) is 2. The van der Waals surface area contributed by atoms with E-state index in [1.165, 1.54) is 29.5 Å². The minimum atomic E-state index is -0.414. The van der Waals surface area contributed by atoms with E-state index in [0.717, 1.165) is 16.9 Å². The number of halogens is 1. The second-order valence-corrected chi connectivity index (χ2v) is 6.76. The molecule has 1 aliphatic rings. The molecule has 23 heavy (non-hydrogen) atoms. The zero-order valence-corrected chi connectivity index (χ0v) is 14.5. The minimum absolute atomic E-state index is 0.379. The van der Waals surface area contributed by atoms with Crippen molar-refractivity contribution in [1.29, 1.82) is 0 Å². The predicted octanol–water partition coefficient (Wildman–Crippen LogP) is 5.45. The van der Waals surface area contributed by atoms with Crippen molar-refractivity contribution in [1.82, 2.24) is 0 Å². The molecular weight excluding hydrogens is 308 g/mol. The van der Waals surface area contributed by atoms with E-state index < -0.39 is 5.24 Å². The molecule has 1 aliphatic carbocycles. The van der Waals surface area contributed by atoms with Crippen LogP contribution >= 0.6 is 11.6 Å². The lowest BCUT2D eigenvalue weighted by Gasteiger charge is -2.16. The molecule has 0 bridgehead atoms. The third-order valence-corrected chi connectivity index (χ3v) is 4.81. The summed E-state index contributed by atoms with van der Waals surface area (Å²) in [6.45, 7) is 6.60. The van der Waals surface area contributed by atoms with Crippen molar-refractivity contribution < 1.29 is 9.53 Å². The number of ether oxygens (including phenoxy) is 1. The van der Waals surface area contributed by atoms with Gasteiger partial charge in [-0.3, -0.25) is 4.79 Å². The van der Waals surface area contributed by atoms with E-state index in [1.54, 1.807) is 6.07 Å². The van der Waals surface area contributed by atoms with Crippen molar-refractivity contribution >= 4 is 16.8 Å². The van der Waals surface area contributed by atoms with E-state index >= 15 is 0 Å². The molecule has 2 aromatic carbocycles. The highest BCUT2D eigenvalue weighted by molar-refractivity contribution is 6.67. The summed E-state index contributed by atoms with van der Waals surface area (Å²) < 4.78 is 6.06. The van der Waals surface area contributed by atoms with Gasteiger partial charge >= 0.3 is 0 Å². The Morgan fingerprint density at radius 2 is 1.83 bits per heavy atom. The molecule has 0 aromatic heterocycles. The van der Waals surface area contributed by atoms with Gasteiger partial charge in [-0.1, -0.05) is 18.2 Å². The first-order chi connectivity index (χ1) is 11.0. The molecule has 2 nitrogen and oxygen atoms in total. The summed E-state index contributed by atoms with van der Waals surface area (Å²) in [6.07, 6.45) is 2.35.